The van der Waals surface area contributed by atoms with Crippen molar-refractivity contribution < 1.29 is 17.9 Å². The lowest BCUT2D eigenvalue weighted by atomic mass is 10.3. The van der Waals surface area contributed by atoms with E-state index in [9.17, 15) is 8.42 Å². The predicted octanol–water partition coefficient (Wildman–Crippen LogP) is 1.97. The van der Waals surface area contributed by atoms with Crippen LogP contribution in [0.4, 0.5) is 5.82 Å². The predicted molar refractivity (Wildman–Crippen MR) is 106 cm³/mol. The number of anilines is 1. The Bertz CT molecular complexity index is 852. The van der Waals surface area contributed by atoms with Gasteiger partial charge in [-0.2, -0.15) is 0 Å². The highest BCUT2D eigenvalue weighted by molar-refractivity contribution is 7.89. The second-order valence-electron chi connectivity index (χ2n) is 6.43. The molecule has 0 spiro atoms. The molecule has 0 amide bonds. The van der Waals surface area contributed by atoms with Crippen LogP contribution in [0, 0.1) is 0 Å². The van der Waals surface area contributed by atoms with E-state index in [0.717, 1.165) is 31.7 Å². The number of rotatable bonds is 9. The minimum Gasteiger partial charge on any atom is -0.494 e. The molecule has 1 saturated heterocycles. The van der Waals surface area contributed by atoms with E-state index in [0.29, 0.717) is 31.4 Å². The van der Waals surface area contributed by atoms with Crippen molar-refractivity contribution >= 4 is 15.8 Å². The SMILES string of the molecule is CCCCOc1ccc(S(=O)(=O)NCc2nccc(N3CCOCC3)n2)cc1. The van der Waals surface area contributed by atoms with Gasteiger partial charge in [0.15, 0.2) is 0 Å². The minimum absolute atomic E-state index is 0.0231. The van der Waals surface area contributed by atoms with Gasteiger partial charge in [0.25, 0.3) is 0 Å². The lowest BCUT2D eigenvalue weighted by molar-refractivity contribution is 0.122. The first-order chi connectivity index (χ1) is 13.6. The van der Waals surface area contributed by atoms with E-state index >= 15 is 0 Å². The van der Waals surface area contributed by atoms with Gasteiger partial charge in [0, 0.05) is 19.3 Å². The molecule has 3 rings (SSSR count). The summed E-state index contributed by atoms with van der Waals surface area (Å²) < 4.78 is 38.5. The van der Waals surface area contributed by atoms with Gasteiger partial charge in [0.05, 0.1) is 31.3 Å². The molecule has 28 heavy (non-hydrogen) atoms. The van der Waals surface area contributed by atoms with Gasteiger partial charge in [-0.3, -0.25) is 0 Å². The smallest absolute Gasteiger partial charge is 0.240 e. The molecule has 2 aromatic rings. The molecule has 1 aromatic carbocycles. The fraction of sp³-hybridized carbons (Fsp3) is 0.474. The molecule has 0 aliphatic carbocycles. The van der Waals surface area contributed by atoms with Gasteiger partial charge in [-0.25, -0.2) is 23.1 Å². The molecular weight excluding hydrogens is 380 g/mol. The summed E-state index contributed by atoms with van der Waals surface area (Å²) in [5.74, 6) is 1.86. The van der Waals surface area contributed by atoms with Crippen LogP contribution < -0.4 is 14.4 Å². The van der Waals surface area contributed by atoms with E-state index in [1.807, 2.05) is 6.07 Å². The summed E-state index contributed by atoms with van der Waals surface area (Å²) in [5, 5.41) is 0. The van der Waals surface area contributed by atoms with E-state index < -0.39 is 10.0 Å². The Morgan fingerprint density at radius 2 is 1.93 bits per heavy atom. The van der Waals surface area contributed by atoms with Gasteiger partial charge in [0.1, 0.15) is 17.4 Å². The first-order valence-electron chi connectivity index (χ1n) is 9.45. The Hall–Kier alpha value is -2.23. The van der Waals surface area contributed by atoms with Crippen LogP contribution in [0.3, 0.4) is 0 Å². The molecule has 0 unspecified atom stereocenters. The third kappa shape index (κ3) is 5.63. The molecule has 0 atom stereocenters. The Kier molecular flexibility index (Phi) is 7.18. The van der Waals surface area contributed by atoms with Gasteiger partial charge in [-0.15, -0.1) is 0 Å². The van der Waals surface area contributed by atoms with Crippen LogP contribution in [-0.2, 0) is 21.3 Å². The highest BCUT2D eigenvalue weighted by Gasteiger charge is 2.16. The Labute approximate surface area is 166 Å². The Morgan fingerprint density at radius 3 is 2.64 bits per heavy atom. The average molecular weight is 407 g/mol. The Balaban J connectivity index is 1.60. The Morgan fingerprint density at radius 1 is 1.18 bits per heavy atom. The molecule has 8 nitrogen and oxygen atoms in total. The van der Waals surface area contributed by atoms with Crippen LogP contribution in [0.2, 0.25) is 0 Å². The number of morpholine rings is 1. The molecule has 1 N–H and O–H groups in total. The summed E-state index contributed by atoms with van der Waals surface area (Å²) in [7, 11) is -3.66. The van der Waals surface area contributed by atoms with Crippen LogP contribution in [0.5, 0.6) is 5.75 Å². The lowest BCUT2D eigenvalue weighted by Gasteiger charge is -2.27. The molecule has 1 aliphatic heterocycles. The van der Waals surface area contributed by atoms with Crippen molar-refractivity contribution in [1.82, 2.24) is 14.7 Å². The number of ether oxygens (including phenoxy) is 2. The molecule has 152 valence electrons. The number of sulfonamides is 1. The van der Waals surface area contributed by atoms with Gasteiger partial charge in [-0.1, -0.05) is 13.3 Å². The van der Waals surface area contributed by atoms with E-state index in [1.54, 1.807) is 18.3 Å². The normalized spacial score (nSPS) is 14.8. The topological polar surface area (TPSA) is 93.7 Å². The second-order valence-corrected chi connectivity index (χ2v) is 8.20. The molecule has 0 saturated carbocycles. The second kappa shape index (κ2) is 9.81. The summed E-state index contributed by atoms with van der Waals surface area (Å²) in [6.45, 7) is 5.57. The summed E-state index contributed by atoms with van der Waals surface area (Å²) in [6.07, 6.45) is 3.65. The third-order valence-corrected chi connectivity index (χ3v) is 5.76. The van der Waals surface area contributed by atoms with Crippen LogP contribution >= 0.6 is 0 Å². The zero-order chi connectivity index (χ0) is 19.8. The highest BCUT2D eigenvalue weighted by atomic mass is 32.2. The van der Waals surface area contributed by atoms with E-state index in [1.165, 1.54) is 12.1 Å². The molecule has 1 aromatic heterocycles. The maximum atomic E-state index is 12.5. The van der Waals surface area contributed by atoms with E-state index in [-0.39, 0.29) is 11.4 Å². The first kappa shape index (κ1) is 20.5. The number of unbranched alkanes of at least 4 members (excludes halogenated alkanes) is 1. The van der Waals surface area contributed by atoms with Gasteiger partial charge < -0.3 is 14.4 Å². The summed E-state index contributed by atoms with van der Waals surface area (Å²) in [4.78, 5) is 10.9. The lowest BCUT2D eigenvalue weighted by Crippen LogP contribution is -2.37. The van der Waals surface area contributed by atoms with E-state index in [2.05, 4.69) is 26.5 Å². The number of nitrogens with one attached hydrogen (secondary N) is 1. The fourth-order valence-corrected chi connectivity index (χ4v) is 3.71. The van der Waals surface area contributed by atoms with Crippen LogP contribution in [0.25, 0.3) is 0 Å². The van der Waals surface area contributed by atoms with Gasteiger partial charge in [0.2, 0.25) is 10.0 Å². The standard InChI is InChI=1S/C19H26N4O4S/c1-2-3-12-27-16-4-6-17(7-5-16)28(24,25)21-15-18-20-9-8-19(22-18)23-10-13-26-14-11-23/h4-9,21H,2-3,10-15H2,1H3. The molecule has 0 radical (unpaired) electrons. The molecule has 9 heteroatoms. The minimum atomic E-state index is -3.66. The van der Waals surface area contributed by atoms with Gasteiger partial charge >= 0.3 is 0 Å². The monoisotopic (exact) mass is 406 g/mol. The van der Waals surface area contributed by atoms with Crippen molar-refractivity contribution in [3.63, 3.8) is 0 Å². The van der Waals surface area contributed by atoms with Crippen LogP contribution in [0.1, 0.15) is 25.6 Å². The number of hydrogen-bond acceptors (Lipinski definition) is 7. The number of aromatic nitrogens is 2. The zero-order valence-corrected chi connectivity index (χ0v) is 16.8. The summed E-state index contributed by atoms with van der Waals surface area (Å²) in [5.41, 5.74) is 0. The highest BCUT2D eigenvalue weighted by Crippen LogP contribution is 2.17. The summed E-state index contributed by atoms with van der Waals surface area (Å²) in [6, 6.07) is 8.23. The first-order valence-corrected chi connectivity index (χ1v) is 10.9. The molecule has 1 fully saturated rings. The van der Waals surface area contributed by atoms with Crippen molar-refractivity contribution in [3.05, 3.63) is 42.4 Å². The van der Waals surface area contributed by atoms with Crippen molar-refractivity contribution in [3.8, 4) is 5.75 Å². The van der Waals surface area contributed by atoms with E-state index in [4.69, 9.17) is 9.47 Å². The quantitative estimate of drug-likeness (QED) is 0.636. The molecular formula is C19H26N4O4S. The molecule has 1 aliphatic rings. The zero-order valence-electron chi connectivity index (χ0n) is 16.0. The maximum Gasteiger partial charge on any atom is 0.240 e. The van der Waals surface area contributed by atoms with Crippen LogP contribution in [0.15, 0.2) is 41.4 Å². The largest absolute Gasteiger partial charge is 0.494 e. The molecule has 0 bridgehead atoms. The maximum absolute atomic E-state index is 12.5. The number of hydrogen-bond donors (Lipinski definition) is 1. The number of nitrogens with zero attached hydrogens (tertiary/aromatic N) is 3. The molecule has 2 heterocycles. The van der Waals surface area contributed by atoms with Crippen molar-refractivity contribution in [1.29, 1.82) is 0 Å². The van der Waals surface area contributed by atoms with Crippen molar-refractivity contribution in [2.45, 2.75) is 31.2 Å². The van der Waals surface area contributed by atoms with Crippen molar-refractivity contribution in [2.75, 3.05) is 37.8 Å². The van der Waals surface area contributed by atoms with Gasteiger partial charge in [-0.05, 0) is 36.8 Å². The summed E-state index contributed by atoms with van der Waals surface area (Å²) >= 11 is 0. The average Bonchev–Trinajstić information content (AvgIpc) is 2.74. The number of benzene rings is 1. The third-order valence-electron chi connectivity index (χ3n) is 4.35. The van der Waals surface area contributed by atoms with Crippen molar-refractivity contribution in [2.24, 2.45) is 0 Å². The fourth-order valence-electron chi connectivity index (χ4n) is 2.73. The van der Waals surface area contributed by atoms with Crippen LogP contribution in [-0.4, -0.2) is 51.3 Å².